The first kappa shape index (κ1) is 17.1. The van der Waals surface area contributed by atoms with E-state index in [-0.39, 0.29) is 23.6 Å². The molecule has 1 fully saturated rings. The Morgan fingerprint density at radius 2 is 2.04 bits per heavy atom. The molecule has 0 radical (unpaired) electrons. The summed E-state index contributed by atoms with van der Waals surface area (Å²) in [7, 11) is 1.48. The molecule has 0 aliphatic carbocycles. The van der Waals surface area contributed by atoms with Crippen LogP contribution in [0.25, 0.3) is 0 Å². The number of hydrogen-bond acceptors (Lipinski definition) is 5. The first-order valence-corrected chi connectivity index (χ1v) is 8.11. The molecule has 0 bridgehead atoms. The zero-order valence-corrected chi connectivity index (χ0v) is 14.0. The quantitative estimate of drug-likeness (QED) is 0.831. The van der Waals surface area contributed by atoms with Gasteiger partial charge in [0.2, 0.25) is 0 Å². The minimum Gasteiger partial charge on any atom is -0.367 e. The summed E-state index contributed by atoms with van der Waals surface area (Å²) in [6, 6.07) is 7.63. The predicted molar refractivity (Wildman–Crippen MR) is 92.1 cm³/mol. The number of aryl methyl sites for hydroxylation is 1. The average Bonchev–Trinajstić information content (AvgIpc) is 2.63. The topological polar surface area (TPSA) is 79.3 Å². The molecular weight excluding hydrogens is 325 g/mol. The van der Waals surface area contributed by atoms with E-state index in [0.717, 1.165) is 30.9 Å². The highest BCUT2D eigenvalue weighted by atomic mass is 19.1. The lowest BCUT2D eigenvalue weighted by molar-refractivity contribution is 0.0943. The minimum atomic E-state index is -0.415. The van der Waals surface area contributed by atoms with Gasteiger partial charge in [0.1, 0.15) is 11.5 Å². The highest BCUT2D eigenvalue weighted by molar-refractivity contribution is 5.91. The van der Waals surface area contributed by atoms with Gasteiger partial charge in [-0.15, -0.1) is 0 Å². The van der Waals surface area contributed by atoms with E-state index >= 15 is 0 Å². The van der Waals surface area contributed by atoms with Gasteiger partial charge in [-0.05, 0) is 23.8 Å². The fourth-order valence-corrected chi connectivity index (χ4v) is 2.72. The van der Waals surface area contributed by atoms with Gasteiger partial charge in [0, 0.05) is 45.8 Å². The van der Waals surface area contributed by atoms with Gasteiger partial charge < -0.3 is 15.5 Å². The summed E-state index contributed by atoms with van der Waals surface area (Å²) in [5.41, 5.74) is 1.09. The molecule has 0 saturated carbocycles. The van der Waals surface area contributed by atoms with Gasteiger partial charge in [0.15, 0.2) is 0 Å². The third-order valence-electron chi connectivity index (χ3n) is 4.12. The average molecular weight is 345 g/mol. The number of aromatic nitrogens is 2. The summed E-state index contributed by atoms with van der Waals surface area (Å²) in [4.78, 5) is 25.4. The number of carbonyl (C=O) groups excluding carboxylic acids is 1. The summed E-state index contributed by atoms with van der Waals surface area (Å²) < 4.78 is 15.4. The molecule has 0 atom stereocenters. The van der Waals surface area contributed by atoms with Crippen LogP contribution in [0, 0.1) is 5.82 Å². The number of nitrogens with zero attached hydrogens (tertiary/aromatic N) is 3. The van der Waals surface area contributed by atoms with Gasteiger partial charge in [0.25, 0.3) is 11.5 Å². The first-order chi connectivity index (χ1) is 12.0. The zero-order valence-electron chi connectivity index (χ0n) is 14.0. The molecule has 0 unspecified atom stereocenters. The standard InChI is InChI=1S/C17H20FN5O2/c1-22-16(24)5-3-14(21-22)17(25)20-11-12-2-4-15(13(18)10-12)23-8-6-19-7-9-23/h2-5,10,19H,6-9,11H2,1H3,(H,20,25). The number of halogens is 1. The second-order valence-electron chi connectivity index (χ2n) is 5.89. The second-order valence-corrected chi connectivity index (χ2v) is 5.89. The third kappa shape index (κ3) is 4.03. The molecule has 1 aromatic carbocycles. The van der Waals surface area contributed by atoms with E-state index in [1.807, 2.05) is 4.90 Å². The van der Waals surface area contributed by atoms with Crippen molar-refractivity contribution in [2.45, 2.75) is 6.54 Å². The molecule has 132 valence electrons. The van der Waals surface area contributed by atoms with Crippen molar-refractivity contribution in [3.05, 3.63) is 57.8 Å². The summed E-state index contributed by atoms with van der Waals surface area (Å²) in [5, 5.41) is 9.80. The Bertz CT molecular complexity index is 830. The molecule has 0 spiro atoms. The van der Waals surface area contributed by atoms with E-state index < -0.39 is 5.91 Å². The van der Waals surface area contributed by atoms with Gasteiger partial charge in [0.05, 0.1) is 5.69 Å². The fourth-order valence-electron chi connectivity index (χ4n) is 2.72. The Morgan fingerprint density at radius 3 is 2.72 bits per heavy atom. The van der Waals surface area contributed by atoms with Crippen LogP contribution >= 0.6 is 0 Å². The number of amides is 1. The molecule has 2 heterocycles. The van der Waals surface area contributed by atoms with Crippen LogP contribution in [0.3, 0.4) is 0 Å². The van der Waals surface area contributed by atoms with E-state index in [9.17, 15) is 14.0 Å². The minimum absolute atomic E-state index is 0.139. The number of rotatable bonds is 4. The Kier molecular flexibility index (Phi) is 5.08. The lowest BCUT2D eigenvalue weighted by atomic mass is 10.1. The lowest BCUT2D eigenvalue weighted by Crippen LogP contribution is -2.43. The normalized spacial score (nSPS) is 14.4. The third-order valence-corrected chi connectivity index (χ3v) is 4.12. The number of benzene rings is 1. The second kappa shape index (κ2) is 7.43. The molecule has 1 saturated heterocycles. The van der Waals surface area contributed by atoms with Crippen LogP contribution in [-0.4, -0.2) is 41.9 Å². The van der Waals surface area contributed by atoms with E-state index in [1.165, 1.54) is 25.2 Å². The zero-order chi connectivity index (χ0) is 17.8. The van der Waals surface area contributed by atoms with E-state index in [0.29, 0.717) is 11.3 Å². The summed E-state index contributed by atoms with van der Waals surface area (Å²) in [6.45, 7) is 3.40. The number of nitrogens with one attached hydrogen (secondary N) is 2. The van der Waals surface area contributed by atoms with E-state index in [1.54, 1.807) is 12.1 Å². The van der Waals surface area contributed by atoms with Crippen LogP contribution in [0.5, 0.6) is 0 Å². The number of piperazine rings is 1. The summed E-state index contributed by atoms with van der Waals surface area (Å²) in [6.07, 6.45) is 0. The molecular formula is C17H20FN5O2. The molecule has 25 heavy (non-hydrogen) atoms. The molecule has 2 aromatic rings. The highest BCUT2D eigenvalue weighted by Gasteiger charge is 2.15. The molecule has 3 rings (SSSR count). The van der Waals surface area contributed by atoms with Crippen LogP contribution in [0.2, 0.25) is 0 Å². The Morgan fingerprint density at radius 1 is 1.28 bits per heavy atom. The molecule has 7 nitrogen and oxygen atoms in total. The van der Waals surface area contributed by atoms with Gasteiger partial charge in [-0.2, -0.15) is 5.10 Å². The predicted octanol–water partition coefficient (Wildman–Crippen LogP) is 0.259. The maximum Gasteiger partial charge on any atom is 0.271 e. The maximum atomic E-state index is 14.4. The smallest absolute Gasteiger partial charge is 0.271 e. The van der Waals surface area contributed by atoms with Crippen LogP contribution in [0.1, 0.15) is 16.1 Å². The molecule has 2 N–H and O–H groups in total. The SMILES string of the molecule is Cn1nc(C(=O)NCc2ccc(N3CCNCC3)c(F)c2)ccc1=O. The van der Waals surface area contributed by atoms with Crippen molar-refractivity contribution in [2.75, 3.05) is 31.1 Å². The van der Waals surface area contributed by atoms with Gasteiger partial charge in [-0.25, -0.2) is 9.07 Å². The van der Waals surface area contributed by atoms with Crippen LogP contribution in [0.4, 0.5) is 10.1 Å². The van der Waals surface area contributed by atoms with Crippen molar-refractivity contribution in [3.8, 4) is 0 Å². The molecule has 1 aliphatic heterocycles. The van der Waals surface area contributed by atoms with Crippen molar-refractivity contribution < 1.29 is 9.18 Å². The van der Waals surface area contributed by atoms with Gasteiger partial charge in [-0.1, -0.05) is 6.07 Å². The van der Waals surface area contributed by atoms with Gasteiger partial charge in [-0.3, -0.25) is 9.59 Å². The Balaban J connectivity index is 1.64. The maximum absolute atomic E-state index is 14.4. The molecule has 8 heteroatoms. The van der Waals surface area contributed by atoms with E-state index in [2.05, 4.69) is 15.7 Å². The summed E-state index contributed by atoms with van der Waals surface area (Å²) in [5.74, 6) is -0.712. The Hall–Kier alpha value is -2.74. The first-order valence-electron chi connectivity index (χ1n) is 8.11. The largest absolute Gasteiger partial charge is 0.367 e. The van der Waals surface area contributed by atoms with Crippen LogP contribution in [-0.2, 0) is 13.6 Å². The van der Waals surface area contributed by atoms with Crippen molar-refractivity contribution >= 4 is 11.6 Å². The Labute approximate surface area is 144 Å². The molecule has 1 amide bonds. The van der Waals surface area contributed by atoms with Crippen molar-refractivity contribution in [1.82, 2.24) is 20.4 Å². The van der Waals surface area contributed by atoms with Crippen LogP contribution < -0.4 is 21.1 Å². The van der Waals surface area contributed by atoms with Crippen molar-refractivity contribution in [1.29, 1.82) is 0 Å². The molecule has 1 aromatic heterocycles. The van der Waals surface area contributed by atoms with Gasteiger partial charge >= 0.3 is 0 Å². The van der Waals surface area contributed by atoms with Crippen molar-refractivity contribution in [3.63, 3.8) is 0 Å². The highest BCUT2D eigenvalue weighted by Crippen LogP contribution is 2.21. The fraction of sp³-hybridized carbons (Fsp3) is 0.353. The molecule has 1 aliphatic rings. The number of anilines is 1. The monoisotopic (exact) mass is 345 g/mol. The summed E-state index contributed by atoms with van der Waals surface area (Å²) >= 11 is 0. The van der Waals surface area contributed by atoms with E-state index in [4.69, 9.17) is 0 Å². The number of hydrogen-bond donors (Lipinski definition) is 2. The number of carbonyl (C=O) groups is 1. The van der Waals surface area contributed by atoms with Crippen molar-refractivity contribution in [2.24, 2.45) is 7.05 Å². The van der Waals surface area contributed by atoms with Crippen LogP contribution in [0.15, 0.2) is 35.1 Å². The lowest BCUT2D eigenvalue weighted by Gasteiger charge is -2.29.